The van der Waals surface area contributed by atoms with E-state index in [2.05, 4.69) is 5.32 Å². The Balaban J connectivity index is 2.31. The van der Waals surface area contributed by atoms with Crippen molar-refractivity contribution in [2.75, 3.05) is 20.3 Å². The Hall–Kier alpha value is -1.55. The fraction of sp³-hybridized carbons (Fsp3) is 0.308. The molecule has 4 heteroatoms. The highest BCUT2D eigenvalue weighted by atomic mass is 32.1. The van der Waals surface area contributed by atoms with Crippen molar-refractivity contribution in [2.45, 2.75) is 6.92 Å². The number of nitrogens with one attached hydrogen (secondary N) is 1. The third-order valence-electron chi connectivity index (χ3n) is 2.52. The predicted octanol–water partition coefficient (Wildman–Crippen LogP) is 2.41. The SMILES string of the molecule is CCOc1ccc2c(c1)C=C(C(=S)NC)CO2. The van der Waals surface area contributed by atoms with Crippen LogP contribution >= 0.6 is 12.2 Å². The number of thiocarbonyl (C=S) groups is 1. The minimum Gasteiger partial charge on any atom is -0.494 e. The average Bonchev–Trinajstić information content (AvgIpc) is 2.37. The van der Waals surface area contributed by atoms with Crippen molar-refractivity contribution in [1.82, 2.24) is 5.32 Å². The lowest BCUT2D eigenvalue weighted by Crippen LogP contribution is -2.23. The Morgan fingerprint density at radius 2 is 2.35 bits per heavy atom. The lowest BCUT2D eigenvalue weighted by Gasteiger charge is -2.19. The normalized spacial score (nSPS) is 13.2. The Morgan fingerprint density at radius 3 is 3.06 bits per heavy atom. The number of rotatable bonds is 3. The summed E-state index contributed by atoms with van der Waals surface area (Å²) in [5.41, 5.74) is 2.00. The molecule has 1 heterocycles. The lowest BCUT2D eigenvalue weighted by molar-refractivity contribution is 0.334. The van der Waals surface area contributed by atoms with Gasteiger partial charge in [-0.3, -0.25) is 0 Å². The molecule has 0 fully saturated rings. The highest BCUT2D eigenvalue weighted by Gasteiger charge is 2.14. The fourth-order valence-corrected chi connectivity index (χ4v) is 1.82. The number of benzene rings is 1. The molecule has 0 amide bonds. The zero-order chi connectivity index (χ0) is 12.3. The van der Waals surface area contributed by atoms with Crippen LogP contribution in [-0.2, 0) is 0 Å². The average molecular weight is 249 g/mol. The van der Waals surface area contributed by atoms with Crippen LogP contribution in [0.3, 0.4) is 0 Å². The first-order valence-corrected chi connectivity index (χ1v) is 5.97. The maximum absolute atomic E-state index is 5.64. The molecule has 1 aliphatic rings. The van der Waals surface area contributed by atoms with Crippen LogP contribution in [0.2, 0.25) is 0 Å². The zero-order valence-electron chi connectivity index (χ0n) is 9.95. The smallest absolute Gasteiger partial charge is 0.127 e. The summed E-state index contributed by atoms with van der Waals surface area (Å²) in [5, 5.41) is 2.96. The van der Waals surface area contributed by atoms with E-state index in [1.807, 2.05) is 38.2 Å². The van der Waals surface area contributed by atoms with Crippen LogP contribution < -0.4 is 14.8 Å². The van der Waals surface area contributed by atoms with Crippen LogP contribution in [0.5, 0.6) is 11.5 Å². The second-order valence-corrected chi connectivity index (χ2v) is 4.08. The predicted molar refractivity (Wildman–Crippen MR) is 72.7 cm³/mol. The minimum absolute atomic E-state index is 0.515. The Labute approximate surface area is 106 Å². The summed E-state index contributed by atoms with van der Waals surface area (Å²) in [6, 6.07) is 5.81. The summed E-state index contributed by atoms with van der Waals surface area (Å²) in [6.07, 6.45) is 2.04. The van der Waals surface area contributed by atoms with Crippen molar-refractivity contribution in [2.24, 2.45) is 0 Å². The van der Waals surface area contributed by atoms with Gasteiger partial charge in [0.2, 0.25) is 0 Å². The van der Waals surface area contributed by atoms with Gasteiger partial charge in [-0.25, -0.2) is 0 Å². The number of likely N-dealkylation sites (N-methyl/N-ethyl adjacent to an activating group) is 1. The van der Waals surface area contributed by atoms with Gasteiger partial charge in [0.05, 0.1) is 6.61 Å². The Kier molecular flexibility index (Phi) is 3.64. The fourth-order valence-electron chi connectivity index (χ4n) is 1.70. The van der Waals surface area contributed by atoms with E-state index in [4.69, 9.17) is 21.7 Å². The molecule has 0 spiro atoms. The Bertz CT molecular complexity index is 468. The first-order chi connectivity index (χ1) is 8.24. The molecule has 0 aliphatic carbocycles. The van der Waals surface area contributed by atoms with Gasteiger partial charge < -0.3 is 14.8 Å². The number of ether oxygens (including phenoxy) is 2. The van der Waals surface area contributed by atoms with Gasteiger partial charge >= 0.3 is 0 Å². The highest BCUT2D eigenvalue weighted by Crippen LogP contribution is 2.30. The van der Waals surface area contributed by atoms with Crippen LogP contribution in [0, 0.1) is 0 Å². The summed E-state index contributed by atoms with van der Waals surface area (Å²) in [5.74, 6) is 1.72. The lowest BCUT2D eigenvalue weighted by atomic mass is 10.1. The molecular formula is C13H15NO2S. The second kappa shape index (κ2) is 5.19. The van der Waals surface area contributed by atoms with Gasteiger partial charge in [0, 0.05) is 18.2 Å². The standard InChI is InChI=1S/C13H15NO2S/c1-3-15-11-4-5-12-9(7-11)6-10(8-16-12)13(17)14-2/h4-7H,3,8H2,1-2H3,(H,14,17). The maximum Gasteiger partial charge on any atom is 0.127 e. The van der Waals surface area contributed by atoms with Crippen molar-refractivity contribution in [3.63, 3.8) is 0 Å². The van der Waals surface area contributed by atoms with Crippen molar-refractivity contribution in [3.8, 4) is 11.5 Å². The maximum atomic E-state index is 5.64. The number of hydrogen-bond donors (Lipinski definition) is 1. The molecule has 0 bridgehead atoms. The van der Waals surface area contributed by atoms with Crippen LogP contribution in [0.15, 0.2) is 23.8 Å². The number of hydrogen-bond acceptors (Lipinski definition) is 3. The van der Waals surface area contributed by atoms with Crippen LogP contribution in [0.25, 0.3) is 6.08 Å². The molecule has 17 heavy (non-hydrogen) atoms. The van der Waals surface area contributed by atoms with Gasteiger partial charge in [-0.2, -0.15) is 0 Å². The largest absolute Gasteiger partial charge is 0.494 e. The van der Waals surface area contributed by atoms with Crippen molar-refractivity contribution < 1.29 is 9.47 Å². The van der Waals surface area contributed by atoms with E-state index in [0.717, 1.165) is 27.6 Å². The molecule has 1 aromatic carbocycles. The van der Waals surface area contributed by atoms with Crippen molar-refractivity contribution in [1.29, 1.82) is 0 Å². The molecule has 0 saturated heterocycles. The topological polar surface area (TPSA) is 30.5 Å². The molecule has 0 saturated carbocycles. The van der Waals surface area contributed by atoms with Crippen molar-refractivity contribution >= 4 is 23.3 Å². The molecule has 3 nitrogen and oxygen atoms in total. The summed E-state index contributed by atoms with van der Waals surface area (Å²) in [7, 11) is 1.81. The van der Waals surface area contributed by atoms with Gasteiger partial charge in [-0.05, 0) is 31.2 Å². The summed E-state index contributed by atoms with van der Waals surface area (Å²) in [6.45, 7) is 3.14. The van der Waals surface area contributed by atoms with E-state index in [1.165, 1.54) is 0 Å². The first kappa shape index (κ1) is 11.9. The van der Waals surface area contributed by atoms with Crippen LogP contribution in [0.4, 0.5) is 0 Å². The highest BCUT2D eigenvalue weighted by molar-refractivity contribution is 7.80. The second-order valence-electron chi connectivity index (χ2n) is 3.67. The van der Waals surface area contributed by atoms with Gasteiger partial charge in [0.25, 0.3) is 0 Å². The molecule has 0 unspecified atom stereocenters. The van der Waals surface area contributed by atoms with Gasteiger partial charge in [0.15, 0.2) is 0 Å². The zero-order valence-corrected chi connectivity index (χ0v) is 10.8. The molecule has 0 aromatic heterocycles. The van der Waals surface area contributed by atoms with Crippen LogP contribution in [-0.4, -0.2) is 25.2 Å². The van der Waals surface area contributed by atoms with Gasteiger partial charge in [-0.1, -0.05) is 12.2 Å². The molecule has 1 aliphatic heterocycles. The minimum atomic E-state index is 0.515. The number of fused-ring (bicyclic) bond motifs is 1. The monoisotopic (exact) mass is 249 g/mol. The van der Waals surface area contributed by atoms with Gasteiger partial charge in [0.1, 0.15) is 23.1 Å². The van der Waals surface area contributed by atoms with Crippen LogP contribution in [0.1, 0.15) is 12.5 Å². The quantitative estimate of drug-likeness (QED) is 0.833. The summed E-state index contributed by atoms with van der Waals surface area (Å²) < 4.78 is 11.1. The molecule has 1 N–H and O–H groups in total. The summed E-state index contributed by atoms with van der Waals surface area (Å²) in [4.78, 5) is 0.720. The van der Waals surface area contributed by atoms with E-state index in [-0.39, 0.29) is 0 Å². The molecule has 2 rings (SSSR count). The van der Waals surface area contributed by atoms with Crippen molar-refractivity contribution in [3.05, 3.63) is 29.3 Å². The first-order valence-electron chi connectivity index (χ1n) is 5.57. The summed E-state index contributed by atoms with van der Waals surface area (Å²) >= 11 is 5.20. The van der Waals surface area contributed by atoms with E-state index >= 15 is 0 Å². The molecule has 90 valence electrons. The van der Waals surface area contributed by atoms with E-state index < -0.39 is 0 Å². The van der Waals surface area contributed by atoms with E-state index in [9.17, 15) is 0 Å². The molecule has 0 radical (unpaired) electrons. The Morgan fingerprint density at radius 1 is 1.53 bits per heavy atom. The van der Waals surface area contributed by atoms with E-state index in [1.54, 1.807) is 0 Å². The van der Waals surface area contributed by atoms with Gasteiger partial charge in [-0.15, -0.1) is 0 Å². The molecule has 0 atom stereocenters. The third-order valence-corrected chi connectivity index (χ3v) is 2.99. The molecule has 1 aromatic rings. The van der Waals surface area contributed by atoms with E-state index in [0.29, 0.717) is 13.2 Å². The molecular weight excluding hydrogens is 234 g/mol. The third kappa shape index (κ3) is 2.58.